The average Bonchev–Trinajstić information content (AvgIpc) is 2.63. The Bertz CT molecular complexity index is 354. The molecule has 100 valence electrons. The van der Waals surface area contributed by atoms with E-state index in [-0.39, 0.29) is 36.1 Å². The molecule has 1 aliphatic heterocycles. The molecule has 0 spiro atoms. The number of rotatable bonds is 5. The molecular weight excluding hydrogens is 304 g/mol. The summed E-state index contributed by atoms with van der Waals surface area (Å²) in [6.45, 7) is 5.22. The van der Waals surface area contributed by atoms with Gasteiger partial charge in [-0.1, -0.05) is 28.6 Å². The lowest BCUT2D eigenvalue weighted by Crippen LogP contribution is -2.54. The number of nitrogens with one attached hydrogen (secondary N) is 1. The van der Waals surface area contributed by atoms with Crippen LogP contribution in [0.15, 0.2) is 12.7 Å². The average molecular weight is 319 g/mol. The molecule has 0 saturated carbocycles. The van der Waals surface area contributed by atoms with Gasteiger partial charge in [-0.2, -0.15) is 0 Å². The summed E-state index contributed by atoms with van der Waals surface area (Å²) in [4.78, 5) is 35.4. The van der Waals surface area contributed by atoms with E-state index in [1.165, 1.54) is 6.08 Å². The first-order valence-electron chi connectivity index (χ1n) is 5.50. The molecule has 3 amide bonds. The summed E-state index contributed by atoms with van der Waals surface area (Å²) in [7, 11) is 0. The number of ether oxygens (including phenoxy) is 1. The van der Waals surface area contributed by atoms with Crippen LogP contribution in [-0.2, 0) is 14.3 Å². The molecule has 0 aromatic carbocycles. The molecule has 1 N–H and O–H groups in total. The molecule has 1 saturated heterocycles. The van der Waals surface area contributed by atoms with Crippen LogP contribution in [0, 0.1) is 0 Å². The first kappa shape index (κ1) is 14.7. The van der Waals surface area contributed by atoms with Crippen molar-refractivity contribution in [3.8, 4) is 0 Å². The molecule has 18 heavy (non-hydrogen) atoms. The normalized spacial score (nSPS) is 18.4. The van der Waals surface area contributed by atoms with Crippen molar-refractivity contribution in [1.29, 1.82) is 0 Å². The molecule has 2 atom stereocenters. The maximum atomic E-state index is 11.6. The Morgan fingerprint density at radius 3 is 2.56 bits per heavy atom. The molecule has 7 heteroatoms. The van der Waals surface area contributed by atoms with Crippen LogP contribution < -0.4 is 5.32 Å². The topological polar surface area (TPSA) is 75.7 Å². The number of halogens is 1. The monoisotopic (exact) mass is 318 g/mol. The lowest BCUT2D eigenvalue weighted by atomic mass is 10.3. The Morgan fingerprint density at radius 2 is 2.11 bits per heavy atom. The molecule has 1 rings (SSSR count). The largest absolute Gasteiger partial charge is 0.445 e. The van der Waals surface area contributed by atoms with Gasteiger partial charge in [0.25, 0.3) is 0 Å². The van der Waals surface area contributed by atoms with Crippen molar-refractivity contribution in [3.05, 3.63) is 12.7 Å². The zero-order valence-electron chi connectivity index (χ0n) is 10.0. The number of carbonyl (C=O) groups is 3. The fourth-order valence-electron chi connectivity index (χ4n) is 1.59. The van der Waals surface area contributed by atoms with Gasteiger partial charge in [-0.15, -0.1) is 0 Å². The maximum absolute atomic E-state index is 11.6. The van der Waals surface area contributed by atoms with Crippen molar-refractivity contribution < 1.29 is 19.1 Å². The SMILES string of the molecule is C=CCOC(=O)N[C@@H]([C@H](C)Br)N1C(=O)CCC1=O. The van der Waals surface area contributed by atoms with E-state index < -0.39 is 12.3 Å². The van der Waals surface area contributed by atoms with Gasteiger partial charge < -0.3 is 4.74 Å². The predicted molar refractivity (Wildman–Crippen MR) is 67.9 cm³/mol. The number of carbonyl (C=O) groups excluding carboxylic acids is 3. The highest BCUT2D eigenvalue weighted by atomic mass is 79.9. The summed E-state index contributed by atoms with van der Waals surface area (Å²) in [5.41, 5.74) is 0. The molecule has 0 unspecified atom stereocenters. The fraction of sp³-hybridized carbons (Fsp3) is 0.545. The van der Waals surface area contributed by atoms with Crippen molar-refractivity contribution in [1.82, 2.24) is 10.2 Å². The van der Waals surface area contributed by atoms with E-state index in [1.807, 2.05) is 0 Å². The Kier molecular flexibility index (Phi) is 5.33. The van der Waals surface area contributed by atoms with Gasteiger partial charge in [0.15, 0.2) is 0 Å². The number of alkyl carbamates (subject to hydrolysis) is 1. The van der Waals surface area contributed by atoms with E-state index in [0.717, 1.165) is 4.90 Å². The van der Waals surface area contributed by atoms with Gasteiger partial charge in [0, 0.05) is 12.8 Å². The van der Waals surface area contributed by atoms with E-state index in [1.54, 1.807) is 6.92 Å². The Balaban J connectivity index is 2.70. The Morgan fingerprint density at radius 1 is 1.56 bits per heavy atom. The molecule has 0 radical (unpaired) electrons. The lowest BCUT2D eigenvalue weighted by Gasteiger charge is -2.28. The summed E-state index contributed by atoms with van der Waals surface area (Å²) in [5, 5.41) is 2.48. The van der Waals surface area contributed by atoms with E-state index in [9.17, 15) is 14.4 Å². The van der Waals surface area contributed by atoms with Crippen LogP contribution >= 0.6 is 15.9 Å². The van der Waals surface area contributed by atoms with Gasteiger partial charge >= 0.3 is 6.09 Å². The number of hydrogen-bond acceptors (Lipinski definition) is 4. The van der Waals surface area contributed by atoms with Crippen LogP contribution in [0.2, 0.25) is 0 Å². The van der Waals surface area contributed by atoms with E-state index >= 15 is 0 Å². The zero-order chi connectivity index (χ0) is 13.7. The van der Waals surface area contributed by atoms with Gasteiger partial charge in [0.1, 0.15) is 12.8 Å². The van der Waals surface area contributed by atoms with Crippen molar-refractivity contribution in [2.24, 2.45) is 0 Å². The summed E-state index contributed by atoms with van der Waals surface area (Å²) in [5.74, 6) is -0.583. The first-order chi connectivity index (χ1) is 8.47. The number of hydrogen-bond donors (Lipinski definition) is 1. The Labute approximate surface area is 113 Å². The molecule has 0 bridgehead atoms. The number of amides is 3. The van der Waals surface area contributed by atoms with Crippen molar-refractivity contribution >= 4 is 33.8 Å². The molecular formula is C11H15BrN2O4. The fourth-order valence-corrected chi connectivity index (χ4v) is 1.95. The number of alkyl halides is 1. The molecule has 6 nitrogen and oxygen atoms in total. The highest BCUT2D eigenvalue weighted by Crippen LogP contribution is 2.19. The predicted octanol–water partition coefficient (Wildman–Crippen LogP) is 1.16. The number of likely N-dealkylation sites (tertiary alicyclic amines) is 1. The third-order valence-electron chi connectivity index (χ3n) is 2.40. The van der Waals surface area contributed by atoms with E-state index in [2.05, 4.69) is 27.8 Å². The summed E-state index contributed by atoms with van der Waals surface area (Å²) in [6.07, 6.45) is 0.346. The van der Waals surface area contributed by atoms with Crippen molar-refractivity contribution in [3.63, 3.8) is 0 Å². The van der Waals surface area contributed by atoms with E-state index in [0.29, 0.717) is 0 Å². The van der Waals surface area contributed by atoms with Gasteiger partial charge in [0.05, 0.1) is 4.83 Å². The van der Waals surface area contributed by atoms with Crippen LogP contribution in [-0.4, -0.2) is 40.4 Å². The summed E-state index contributed by atoms with van der Waals surface area (Å²) >= 11 is 3.27. The highest BCUT2D eigenvalue weighted by molar-refractivity contribution is 9.09. The minimum Gasteiger partial charge on any atom is -0.445 e. The van der Waals surface area contributed by atoms with Gasteiger partial charge in [-0.3, -0.25) is 19.8 Å². The van der Waals surface area contributed by atoms with Crippen LogP contribution in [0.4, 0.5) is 4.79 Å². The Hall–Kier alpha value is -1.37. The molecule has 1 aliphatic rings. The minimum atomic E-state index is -0.746. The lowest BCUT2D eigenvalue weighted by molar-refractivity contribution is -0.141. The minimum absolute atomic E-state index is 0.0666. The standard InChI is InChI=1S/C11H15BrN2O4/c1-3-6-18-11(17)13-10(7(2)12)14-8(15)4-5-9(14)16/h3,7,10H,1,4-6H2,2H3,(H,13,17)/t7-,10+/m0/s1. The third-order valence-corrected chi connectivity index (χ3v) is 2.90. The van der Waals surface area contributed by atoms with Crippen LogP contribution in [0.1, 0.15) is 19.8 Å². The van der Waals surface area contributed by atoms with Crippen LogP contribution in [0.3, 0.4) is 0 Å². The quantitative estimate of drug-likeness (QED) is 0.469. The van der Waals surface area contributed by atoms with Crippen LogP contribution in [0.5, 0.6) is 0 Å². The first-order valence-corrected chi connectivity index (χ1v) is 6.42. The maximum Gasteiger partial charge on any atom is 0.409 e. The van der Waals surface area contributed by atoms with Crippen LogP contribution in [0.25, 0.3) is 0 Å². The second-order valence-corrected chi connectivity index (χ2v) is 5.26. The summed E-state index contributed by atoms with van der Waals surface area (Å²) < 4.78 is 4.76. The van der Waals surface area contributed by atoms with E-state index in [4.69, 9.17) is 4.74 Å². The molecule has 1 heterocycles. The molecule has 0 aromatic rings. The smallest absolute Gasteiger partial charge is 0.409 e. The summed E-state index contributed by atoms with van der Waals surface area (Å²) in [6, 6.07) is 0. The van der Waals surface area contributed by atoms with Gasteiger partial charge in [0.2, 0.25) is 11.8 Å². The second kappa shape index (κ2) is 6.53. The highest BCUT2D eigenvalue weighted by Gasteiger charge is 2.38. The molecule has 0 aliphatic carbocycles. The van der Waals surface area contributed by atoms with Gasteiger partial charge in [-0.25, -0.2) is 4.79 Å². The van der Waals surface area contributed by atoms with Crippen molar-refractivity contribution in [2.45, 2.75) is 30.8 Å². The van der Waals surface area contributed by atoms with Gasteiger partial charge in [-0.05, 0) is 6.92 Å². The third kappa shape index (κ3) is 3.56. The van der Waals surface area contributed by atoms with Crippen molar-refractivity contribution in [2.75, 3.05) is 6.61 Å². The second-order valence-electron chi connectivity index (χ2n) is 3.81. The zero-order valence-corrected chi connectivity index (χ0v) is 11.6. The molecule has 1 fully saturated rings. The number of nitrogens with zero attached hydrogens (tertiary/aromatic N) is 1. The molecule has 0 aromatic heterocycles. The number of imide groups is 1.